The molecule has 0 saturated heterocycles. The molecule has 0 aliphatic rings. The molecular weight excluding hydrogens is 198 g/mol. The molecule has 0 aromatic heterocycles. The summed E-state index contributed by atoms with van der Waals surface area (Å²) in [6.07, 6.45) is -5.50. The van der Waals surface area contributed by atoms with Gasteiger partial charge in [-0.2, -0.15) is 0 Å². The zero-order chi connectivity index (χ0) is 4.50. The Balaban J connectivity index is -0.0000000133. The fourth-order valence-electron chi connectivity index (χ4n) is 0. The van der Waals surface area contributed by atoms with Gasteiger partial charge >= 0.3 is 53.1 Å². The van der Waals surface area contributed by atoms with Crippen LogP contribution in [0.3, 0.4) is 0 Å². The molecule has 0 aromatic rings. The summed E-state index contributed by atoms with van der Waals surface area (Å²) in [5, 5.41) is 0. The monoisotopic (exact) mass is 199 g/mol. The van der Waals surface area contributed by atoms with Gasteiger partial charge in [-0.1, -0.05) is 0 Å². The van der Waals surface area contributed by atoms with Crippen LogP contribution in [0.4, 0.5) is 17.6 Å². The van der Waals surface area contributed by atoms with Gasteiger partial charge < -0.3 is 11.0 Å². The van der Waals surface area contributed by atoms with E-state index in [9.17, 15) is 17.6 Å². The first-order chi connectivity index (χ1) is 2.00. The van der Waals surface area contributed by atoms with Gasteiger partial charge in [0.15, 0.2) is 0 Å². The van der Waals surface area contributed by atoms with Gasteiger partial charge in [-0.25, -0.2) is 0 Å². The van der Waals surface area contributed by atoms with Crippen LogP contribution in [0.1, 0.15) is 0 Å². The fourth-order valence-corrected chi connectivity index (χ4v) is 0. The minimum atomic E-state index is -5.50. The first-order valence-electron chi connectivity index (χ1n) is 0.756. The second kappa shape index (κ2) is 11.9. The molecule has 1 N–H and O–H groups in total. The molecule has 0 aromatic carbocycles. The van der Waals surface area contributed by atoms with Crippen molar-refractivity contribution in [2.24, 2.45) is 0 Å². The van der Waals surface area contributed by atoms with Crippen LogP contribution in [0.25, 0.3) is 0 Å². The third-order valence-corrected chi connectivity index (χ3v) is 0. The molecule has 0 unspecified atom stereocenters. The maximum atomic E-state index is 9.69. The Morgan fingerprint density at radius 3 is 0.889 bits per heavy atom. The summed E-state index contributed by atoms with van der Waals surface area (Å²) < 4.78 is 38.8. The topological polar surface area (TPSA) is 58.5 Å². The van der Waals surface area contributed by atoms with E-state index < -0.39 is 6.43 Å². The maximum absolute atomic E-state index is 9.69. The van der Waals surface area contributed by atoms with Crippen molar-refractivity contribution in [1.29, 1.82) is 0 Å². The van der Waals surface area contributed by atoms with E-state index in [0.29, 0.717) is 0 Å². The van der Waals surface area contributed by atoms with Gasteiger partial charge in [0, 0.05) is 0 Å². The molecule has 0 spiro atoms. The average Bonchev–Trinajstić information content (AvgIpc) is 0.722. The maximum Gasteiger partial charge on any atom is 2.00 e. The predicted molar refractivity (Wildman–Crippen MR) is 9.79 cm³/mol. The third-order valence-electron chi connectivity index (χ3n) is 0. The summed E-state index contributed by atoms with van der Waals surface area (Å²) in [6.45, 7) is 0. The van der Waals surface area contributed by atoms with Gasteiger partial charge in [0.25, 0.3) is 0 Å². The van der Waals surface area contributed by atoms with Crippen molar-refractivity contribution < 1.29 is 75.1 Å². The van der Waals surface area contributed by atoms with Gasteiger partial charge in [0.1, 0.15) is 0 Å². The number of rotatable bonds is 0. The Morgan fingerprint density at radius 2 is 0.889 bits per heavy atom. The normalized spacial score (nSPS) is 6.67. The Hall–Kier alpha value is 1.16. The van der Waals surface area contributed by atoms with E-state index in [1.54, 1.807) is 0 Å². The third kappa shape index (κ3) is 349. The summed E-state index contributed by atoms with van der Waals surface area (Å²) in [5.74, 6) is 0. The summed E-state index contributed by atoms with van der Waals surface area (Å²) >= 11 is 0. The van der Waals surface area contributed by atoms with Crippen LogP contribution in [0, 0.1) is 0 Å². The Labute approximate surface area is 81.4 Å². The van der Waals surface area contributed by atoms with Gasteiger partial charge in [-0.15, -0.1) is 17.6 Å². The molecule has 0 fully saturated rings. The summed E-state index contributed by atoms with van der Waals surface area (Å²) in [7, 11) is 0. The molecule has 1 radical (unpaired) electrons. The van der Waals surface area contributed by atoms with Gasteiger partial charge in [-0.3, -0.25) is 0 Å². The molecule has 0 bridgehead atoms. The van der Waals surface area contributed by atoms with E-state index in [-0.39, 0.29) is 57.6 Å². The van der Waals surface area contributed by atoms with Crippen LogP contribution >= 0.6 is 0 Å². The average molecular weight is 199 g/mol. The van der Waals surface area contributed by atoms with Gasteiger partial charge in [0.2, 0.25) is 0 Å². The fraction of sp³-hybridized carbons (Fsp3) is 1.00. The molecule has 0 aliphatic heterocycles. The van der Waals surface area contributed by atoms with E-state index in [4.69, 9.17) is 0 Å². The minimum absolute atomic E-state index is 0. The van der Waals surface area contributed by atoms with Crippen LogP contribution in [0.2, 0.25) is 0 Å². The van der Waals surface area contributed by atoms with Crippen molar-refractivity contribution in [2.75, 3.05) is 0 Å². The molecule has 0 atom stereocenters. The summed E-state index contributed by atoms with van der Waals surface area (Å²) in [5.41, 5.74) is 0. The van der Waals surface area contributed by atoms with E-state index in [0.717, 1.165) is 0 Å². The van der Waals surface area contributed by atoms with Gasteiger partial charge in [-0.05, 0) is 0 Å². The Bertz CT molecular complexity index is 34.0. The van der Waals surface area contributed by atoms with Crippen molar-refractivity contribution in [2.45, 2.75) is 6.43 Å². The van der Waals surface area contributed by atoms with Crippen LogP contribution in [0.5, 0.6) is 0 Å². The number of hydrogen-bond donors (Lipinski definition) is 0. The van der Waals surface area contributed by atoms with Crippen LogP contribution in [0.15, 0.2) is 0 Å². The Kier molecular flexibility index (Phi) is 42.3. The van der Waals surface area contributed by atoms with E-state index in [1.165, 1.54) is 0 Å². The second-order valence-corrected chi connectivity index (χ2v) is 0.429. The van der Waals surface area contributed by atoms with Crippen LogP contribution in [-0.4, -0.2) is 11.9 Å². The van der Waals surface area contributed by atoms with Gasteiger partial charge in [0.05, 0.1) is 0 Å². The Morgan fingerprint density at radius 1 is 0.889 bits per heavy atom. The van der Waals surface area contributed by atoms with Crippen LogP contribution < -0.4 is 29.6 Å². The smallest absolute Gasteiger partial charge is 2.00 e. The summed E-state index contributed by atoms with van der Waals surface area (Å²) in [4.78, 5) is 0. The molecule has 9 heavy (non-hydrogen) atoms. The van der Waals surface area contributed by atoms with Crippen LogP contribution in [-0.2, 0) is 22.5 Å². The number of alkyl halides is 4. The molecule has 53 valence electrons. The molecule has 0 aliphatic carbocycles. The van der Waals surface area contributed by atoms with E-state index in [2.05, 4.69) is 0 Å². The largest absolute Gasteiger partial charge is 2.00 e. The molecule has 0 heterocycles. The van der Waals surface area contributed by atoms with Crippen molar-refractivity contribution in [3.05, 3.63) is 0 Å². The van der Waals surface area contributed by atoms with Crippen molar-refractivity contribution in [3.63, 3.8) is 0 Å². The quantitative estimate of drug-likeness (QED) is 0.334. The summed E-state index contributed by atoms with van der Waals surface area (Å²) in [6, 6.07) is 0. The standard InChI is InChI=1S/CF4.Mn.Na.H2O.O/c2-1(3,4)5;;;;/h;;;1H2;/q;+2;+1;;-2/p-1. The van der Waals surface area contributed by atoms with E-state index >= 15 is 0 Å². The molecular formula is CHF4MnNaO2. The minimum Gasteiger partial charge on any atom is -2.00 e. The molecule has 0 saturated carbocycles. The van der Waals surface area contributed by atoms with Crippen molar-refractivity contribution in [3.8, 4) is 0 Å². The first kappa shape index (κ1) is 32.0. The van der Waals surface area contributed by atoms with Crippen molar-refractivity contribution in [1.82, 2.24) is 0 Å². The molecule has 0 rings (SSSR count). The van der Waals surface area contributed by atoms with Crippen molar-refractivity contribution >= 4 is 0 Å². The predicted octanol–water partition coefficient (Wildman–Crippen LogP) is -1.82. The first-order valence-corrected chi connectivity index (χ1v) is 0.756. The number of hydrogen-bond acceptors (Lipinski definition) is 1. The zero-order valence-electron chi connectivity index (χ0n) is 4.25. The molecule has 2 nitrogen and oxygen atoms in total. The number of halogens is 4. The van der Waals surface area contributed by atoms with E-state index in [1.807, 2.05) is 0 Å². The SMILES string of the molecule is FC(F)(F)F.[Mn+2].[Na+].[O-2].[OH-]. The second-order valence-electron chi connectivity index (χ2n) is 0.429. The molecule has 0 amide bonds. The molecule has 8 heteroatoms. The zero-order valence-corrected chi connectivity index (χ0v) is 7.43.